The molecular weight excluding hydrogens is 234 g/mol. The van der Waals surface area contributed by atoms with Crippen LogP contribution in [0.5, 0.6) is 0 Å². The molecule has 1 aromatic heterocycles. The van der Waals surface area contributed by atoms with Crippen LogP contribution in [-0.2, 0) is 0 Å². The van der Waals surface area contributed by atoms with Gasteiger partial charge in [-0.15, -0.1) is 0 Å². The van der Waals surface area contributed by atoms with Crippen LogP contribution in [0.4, 0.5) is 0 Å². The van der Waals surface area contributed by atoms with Crippen LogP contribution in [0, 0.1) is 11.3 Å². The number of allylic oxidation sites excluding steroid dienone is 3. The van der Waals surface area contributed by atoms with Crippen molar-refractivity contribution in [1.29, 1.82) is 5.41 Å². The topological polar surface area (TPSA) is 62.8 Å². The summed E-state index contributed by atoms with van der Waals surface area (Å²) < 4.78 is 0. The fraction of sp³-hybridized carbons (Fsp3) is 0.125. The lowest BCUT2D eigenvalue weighted by molar-refractivity contribution is 0.862. The Hall–Kier alpha value is -2.42. The molecule has 0 aliphatic heterocycles. The van der Waals surface area contributed by atoms with Crippen molar-refractivity contribution in [3.05, 3.63) is 60.3 Å². The Bertz CT molecular complexity index is 698. The first-order valence-corrected chi connectivity index (χ1v) is 6.31. The second-order valence-electron chi connectivity index (χ2n) is 4.73. The Morgan fingerprint density at radius 1 is 1.21 bits per heavy atom. The molecule has 0 saturated heterocycles. The maximum Gasteiger partial charge on any atom is 0.0979 e. The molecule has 94 valence electrons. The van der Waals surface area contributed by atoms with Crippen LogP contribution in [0.15, 0.2) is 54.6 Å². The van der Waals surface area contributed by atoms with E-state index >= 15 is 0 Å². The van der Waals surface area contributed by atoms with Crippen LogP contribution in [-0.4, -0.2) is 10.8 Å². The molecule has 3 rings (SSSR count). The quantitative estimate of drug-likeness (QED) is 0.634. The van der Waals surface area contributed by atoms with Gasteiger partial charge >= 0.3 is 0 Å². The molecule has 0 bridgehead atoms. The van der Waals surface area contributed by atoms with Gasteiger partial charge in [0.2, 0.25) is 0 Å². The highest BCUT2D eigenvalue weighted by Gasteiger charge is 2.16. The summed E-state index contributed by atoms with van der Waals surface area (Å²) in [6.07, 6.45) is 6.72. The molecule has 1 unspecified atom stereocenters. The van der Waals surface area contributed by atoms with Gasteiger partial charge in [-0.2, -0.15) is 0 Å². The zero-order chi connectivity index (χ0) is 13.2. The van der Waals surface area contributed by atoms with E-state index in [0.29, 0.717) is 0 Å². The minimum absolute atomic E-state index is 0.00623. The smallest absolute Gasteiger partial charge is 0.0979 e. The number of nitrogens with one attached hydrogen (secondary N) is 1. The minimum atomic E-state index is -0.00623. The summed E-state index contributed by atoms with van der Waals surface area (Å²) in [7, 11) is 0. The summed E-state index contributed by atoms with van der Waals surface area (Å²) in [6.45, 7) is 0. The SMILES string of the molecule is N=C(N)C1C=CC=C(c2ccc3ccccc3n2)C1. The lowest BCUT2D eigenvalue weighted by Gasteiger charge is -2.17. The molecule has 1 atom stereocenters. The number of para-hydroxylation sites is 1. The lowest BCUT2D eigenvalue weighted by atomic mass is 9.91. The standard InChI is InChI=1S/C16H15N3/c17-16(18)13-6-3-5-12(10-13)15-9-8-11-4-1-2-7-14(11)19-15/h1-9,13H,10H2,(H3,17,18). The summed E-state index contributed by atoms with van der Waals surface area (Å²) in [6, 6.07) is 12.2. The highest BCUT2D eigenvalue weighted by atomic mass is 14.7. The summed E-state index contributed by atoms with van der Waals surface area (Å²) >= 11 is 0. The third kappa shape index (κ3) is 2.27. The molecule has 3 heteroatoms. The van der Waals surface area contributed by atoms with Gasteiger partial charge in [0.05, 0.1) is 17.0 Å². The third-order valence-corrected chi connectivity index (χ3v) is 3.41. The van der Waals surface area contributed by atoms with Gasteiger partial charge in [-0.1, -0.05) is 42.5 Å². The molecule has 1 heterocycles. The average molecular weight is 249 g/mol. The number of hydrogen-bond donors (Lipinski definition) is 2. The van der Waals surface area contributed by atoms with E-state index < -0.39 is 0 Å². The predicted molar refractivity (Wildman–Crippen MR) is 78.9 cm³/mol. The zero-order valence-corrected chi connectivity index (χ0v) is 10.5. The molecule has 1 aliphatic rings. The molecule has 3 nitrogen and oxygen atoms in total. The maximum atomic E-state index is 7.55. The molecule has 0 saturated carbocycles. The number of fused-ring (bicyclic) bond motifs is 1. The fourth-order valence-electron chi connectivity index (χ4n) is 2.33. The van der Waals surface area contributed by atoms with E-state index in [1.807, 2.05) is 36.4 Å². The normalized spacial score (nSPS) is 18.3. The van der Waals surface area contributed by atoms with Crippen molar-refractivity contribution in [3.8, 4) is 0 Å². The van der Waals surface area contributed by atoms with E-state index in [9.17, 15) is 0 Å². The van der Waals surface area contributed by atoms with E-state index in [1.165, 1.54) is 0 Å². The maximum absolute atomic E-state index is 7.55. The summed E-state index contributed by atoms with van der Waals surface area (Å²) in [5.41, 5.74) is 8.68. The Morgan fingerprint density at radius 3 is 2.89 bits per heavy atom. The van der Waals surface area contributed by atoms with E-state index in [0.717, 1.165) is 28.6 Å². The first-order valence-electron chi connectivity index (χ1n) is 6.31. The molecule has 2 aromatic rings. The van der Waals surface area contributed by atoms with Gasteiger partial charge in [0.25, 0.3) is 0 Å². The number of nitrogens with zero attached hydrogens (tertiary/aromatic N) is 1. The molecule has 19 heavy (non-hydrogen) atoms. The van der Waals surface area contributed by atoms with Crippen LogP contribution >= 0.6 is 0 Å². The highest BCUT2D eigenvalue weighted by molar-refractivity contribution is 5.86. The molecule has 0 amide bonds. The van der Waals surface area contributed by atoms with Crippen LogP contribution in [0.1, 0.15) is 12.1 Å². The second-order valence-corrected chi connectivity index (χ2v) is 4.73. The molecular formula is C16H15N3. The summed E-state index contributed by atoms with van der Waals surface area (Å²) in [4.78, 5) is 4.68. The van der Waals surface area contributed by atoms with Crippen molar-refractivity contribution >= 4 is 22.3 Å². The van der Waals surface area contributed by atoms with Crippen LogP contribution in [0.3, 0.4) is 0 Å². The van der Waals surface area contributed by atoms with Crippen molar-refractivity contribution in [2.45, 2.75) is 6.42 Å². The van der Waals surface area contributed by atoms with E-state index in [1.54, 1.807) is 0 Å². The Morgan fingerprint density at radius 2 is 2.05 bits per heavy atom. The van der Waals surface area contributed by atoms with Gasteiger partial charge in [0.15, 0.2) is 0 Å². The molecule has 0 spiro atoms. The van der Waals surface area contributed by atoms with E-state index in [-0.39, 0.29) is 11.8 Å². The first-order chi connectivity index (χ1) is 9.24. The molecule has 1 aliphatic carbocycles. The molecule has 0 fully saturated rings. The van der Waals surface area contributed by atoms with Crippen molar-refractivity contribution in [2.24, 2.45) is 11.7 Å². The number of amidine groups is 1. The molecule has 0 radical (unpaired) electrons. The highest BCUT2D eigenvalue weighted by Crippen LogP contribution is 2.27. The van der Waals surface area contributed by atoms with Gasteiger partial charge < -0.3 is 5.73 Å². The number of rotatable bonds is 2. The van der Waals surface area contributed by atoms with Gasteiger partial charge in [0, 0.05) is 11.3 Å². The first kappa shape index (κ1) is 11.7. The number of nitrogens with two attached hydrogens (primary N) is 1. The minimum Gasteiger partial charge on any atom is -0.387 e. The van der Waals surface area contributed by atoms with Gasteiger partial charge in [-0.25, -0.2) is 4.98 Å². The Labute approximate surface area is 112 Å². The van der Waals surface area contributed by atoms with Crippen LogP contribution in [0.2, 0.25) is 0 Å². The summed E-state index contributed by atoms with van der Waals surface area (Å²) in [5.74, 6) is 0.205. The van der Waals surface area contributed by atoms with Gasteiger partial charge in [-0.3, -0.25) is 5.41 Å². The fourth-order valence-corrected chi connectivity index (χ4v) is 2.33. The second kappa shape index (κ2) is 4.69. The van der Waals surface area contributed by atoms with Crippen molar-refractivity contribution in [2.75, 3.05) is 0 Å². The van der Waals surface area contributed by atoms with Crippen LogP contribution in [0.25, 0.3) is 16.5 Å². The number of hydrogen-bond acceptors (Lipinski definition) is 2. The monoisotopic (exact) mass is 249 g/mol. The summed E-state index contributed by atoms with van der Waals surface area (Å²) in [5, 5.41) is 8.69. The zero-order valence-electron chi connectivity index (χ0n) is 10.5. The van der Waals surface area contributed by atoms with Crippen LogP contribution < -0.4 is 5.73 Å². The number of aromatic nitrogens is 1. The van der Waals surface area contributed by atoms with Crippen molar-refractivity contribution in [3.63, 3.8) is 0 Å². The van der Waals surface area contributed by atoms with Gasteiger partial charge in [-0.05, 0) is 24.1 Å². The van der Waals surface area contributed by atoms with Gasteiger partial charge in [0.1, 0.15) is 0 Å². The Kier molecular flexibility index (Phi) is 2.88. The lowest BCUT2D eigenvalue weighted by Crippen LogP contribution is -2.22. The van der Waals surface area contributed by atoms with E-state index in [4.69, 9.17) is 11.1 Å². The average Bonchev–Trinajstić information content (AvgIpc) is 2.47. The molecule has 1 aromatic carbocycles. The van der Waals surface area contributed by atoms with Crippen molar-refractivity contribution < 1.29 is 0 Å². The number of benzene rings is 1. The largest absolute Gasteiger partial charge is 0.387 e. The van der Waals surface area contributed by atoms with E-state index in [2.05, 4.69) is 23.2 Å². The van der Waals surface area contributed by atoms with Crippen molar-refractivity contribution in [1.82, 2.24) is 4.98 Å². The molecule has 3 N–H and O–H groups in total. The third-order valence-electron chi connectivity index (χ3n) is 3.41. The number of pyridine rings is 1. The Balaban J connectivity index is 1.98. The predicted octanol–water partition coefficient (Wildman–Crippen LogP) is 3.13.